The molecule has 0 saturated carbocycles. The van der Waals surface area contributed by atoms with Crippen molar-refractivity contribution in [2.75, 3.05) is 37.6 Å². The molecule has 2 amide bonds. The Morgan fingerprint density at radius 2 is 1.48 bits per heavy atom. The van der Waals surface area contributed by atoms with E-state index in [-0.39, 0.29) is 32.0 Å². The lowest BCUT2D eigenvalue weighted by molar-refractivity contribution is -0.129. The van der Waals surface area contributed by atoms with Gasteiger partial charge in [-0.05, 0) is 66.6 Å². The Hall–Kier alpha value is -3.82. The molecule has 0 aliphatic rings. The zero-order valence-corrected chi connectivity index (χ0v) is 26.1. The van der Waals surface area contributed by atoms with E-state index in [0.717, 1.165) is 30.9 Å². The Kier molecular flexibility index (Phi) is 14.3. The van der Waals surface area contributed by atoms with Crippen LogP contribution in [0.1, 0.15) is 50.3 Å². The Labute approximate surface area is 260 Å². The lowest BCUT2D eigenvalue weighted by Crippen LogP contribution is -2.52. The van der Waals surface area contributed by atoms with Crippen LogP contribution in [0.3, 0.4) is 0 Å². The molecule has 238 valence electrons. The number of aryl methyl sites for hydroxylation is 1. The normalized spacial score (nSPS) is 12.4. The summed E-state index contributed by atoms with van der Waals surface area (Å²) in [4.78, 5) is 30.2. The summed E-state index contributed by atoms with van der Waals surface area (Å²) in [7, 11) is 0. The van der Waals surface area contributed by atoms with Crippen LogP contribution >= 0.6 is 0 Å². The minimum Gasteiger partial charge on any atom is -0.390 e. The molecule has 3 aromatic rings. The number of carbonyl (C=O) groups is 2. The smallest absolute Gasteiger partial charge is 0.242 e. The van der Waals surface area contributed by atoms with Gasteiger partial charge in [-0.3, -0.25) is 9.59 Å². The average Bonchev–Trinajstić information content (AvgIpc) is 3.00. The van der Waals surface area contributed by atoms with Crippen LogP contribution in [0.4, 0.5) is 14.5 Å². The maximum atomic E-state index is 14.0. The minimum atomic E-state index is -1.06. The van der Waals surface area contributed by atoms with Gasteiger partial charge in [-0.15, -0.1) is 0 Å². The topological polar surface area (TPSA) is 84.9 Å². The number of anilines is 1. The fourth-order valence-electron chi connectivity index (χ4n) is 5.20. The fourth-order valence-corrected chi connectivity index (χ4v) is 5.20. The van der Waals surface area contributed by atoms with Crippen LogP contribution in [0.25, 0.3) is 0 Å². The molecule has 0 spiro atoms. The number of carbonyl (C=O) groups excluding carboxylic acids is 2. The molecule has 7 nitrogen and oxygen atoms in total. The highest BCUT2D eigenvalue weighted by Crippen LogP contribution is 2.15. The molecule has 0 saturated heterocycles. The van der Waals surface area contributed by atoms with E-state index in [4.69, 9.17) is 0 Å². The Morgan fingerprint density at radius 1 is 0.818 bits per heavy atom. The summed E-state index contributed by atoms with van der Waals surface area (Å²) in [6.45, 7) is 7.92. The van der Waals surface area contributed by atoms with Gasteiger partial charge in [0.2, 0.25) is 11.8 Å². The fraction of sp³-hybridized carbons (Fsp3) is 0.429. The first-order valence-electron chi connectivity index (χ1n) is 15.5. The molecule has 0 unspecified atom stereocenters. The quantitative estimate of drug-likeness (QED) is 0.192. The highest BCUT2D eigenvalue weighted by atomic mass is 19.1. The molecule has 2 atom stereocenters. The van der Waals surface area contributed by atoms with Crippen molar-refractivity contribution in [3.8, 4) is 0 Å². The molecule has 3 N–H and O–H groups in total. The summed E-state index contributed by atoms with van der Waals surface area (Å²) < 4.78 is 28.0. The van der Waals surface area contributed by atoms with E-state index in [1.165, 1.54) is 17.7 Å². The van der Waals surface area contributed by atoms with Crippen molar-refractivity contribution >= 4 is 17.5 Å². The number of nitrogens with zero attached hydrogens (tertiary/aromatic N) is 2. The maximum absolute atomic E-state index is 14.0. The van der Waals surface area contributed by atoms with Crippen molar-refractivity contribution in [1.29, 1.82) is 0 Å². The lowest BCUT2D eigenvalue weighted by Gasteiger charge is -2.30. The van der Waals surface area contributed by atoms with Gasteiger partial charge < -0.3 is 25.5 Å². The van der Waals surface area contributed by atoms with Crippen LogP contribution in [0, 0.1) is 11.6 Å². The summed E-state index contributed by atoms with van der Waals surface area (Å²) in [6.07, 6.45) is 1.53. The second-order valence-electron chi connectivity index (χ2n) is 11.1. The van der Waals surface area contributed by atoms with Crippen LogP contribution in [-0.2, 0) is 29.0 Å². The molecule has 44 heavy (non-hydrogen) atoms. The number of para-hydroxylation sites is 1. The summed E-state index contributed by atoms with van der Waals surface area (Å²) in [5.74, 6) is -1.96. The number of nitrogens with one attached hydrogen (secondary N) is 2. The van der Waals surface area contributed by atoms with Crippen LogP contribution in [0.15, 0.2) is 72.8 Å². The largest absolute Gasteiger partial charge is 0.390 e. The minimum absolute atomic E-state index is 0.0120. The molecule has 0 aliphatic heterocycles. The summed E-state index contributed by atoms with van der Waals surface area (Å²) >= 11 is 0. The number of rotatable bonds is 18. The van der Waals surface area contributed by atoms with Gasteiger partial charge in [0.1, 0.15) is 11.6 Å². The van der Waals surface area contributed by atoms with Gasteiger partial charge in [0, 0.05) is 37.9 Å². The second-order valence-corrected chi connectivity index (χ2v) is 11.1. The van der Waals surface area contributed by atoms with E-state index in [1.54, 1.807) is 9.80 Å². The van der Waals surface area contributed by atoms with E-state index >= 15 is 0 Å². The van der Waals surface area contributed by atoms with Gasteiger partial charge in [0.05, 0.1) is 25.2 Å². The first kappa shape index (κ1) is 34.7. The molecular weight excluding hydrogens is 562 g/mol. The van der Waals surface area contributed by atoms with Crippen molar-refractivity contribution < 1.29 is 23.5 Å². The second kappa shape index (κ2) is 18.1. The monoisotopic (exact) mass is 608 g/mol. The summed E-state index contributed by atoms with van der Waals surface area (Å²) in [6, 6.07) is 19.7. The SMILES string of the molecule is CCCN(CCC)C(=O)CN(CC(=O)N[C@@H](Cc1cc(F)cc(F)c1)[C@H](O)CNCc1cccc(CC)c1)c1ccccc1. The maximum Gasteiger partial charge on any atom is 0.242 e. The standard InChI is InChI=1S/C35H46F2N4O3/c1-4-15-40(16-5-2)35(44)25-41(31-13-8-7-9-14-31)24-34(43)39-32(20-28-18-29(36)21-30(37)19-28)33(42)23-38-22-27-12-10-11-26(6-3)17-27/h7-14,17-19,21,32-33,38,42H,4-6,15-16,20,22-25H2,1-3H3,(H,39,43)/t32-,33+/m0/s1. The van der Waals surface area contributed by atoms with E-state index in [1.807, 2.05) is 56.3 Å². The number of hydrogen-bond donors (Lipinski definition) is 3. The highest BCUT2D eigenvalue weighted by Gasteiger charge is 2.25. The molecule has 0 fully saturated rings. The Bertz CT molecular complexity index is 1300. The first-order chi connectivity index (χ1) is 21.2. The van der Waals surface area contributed by atoms with Gasteiger partial charge in [-0.2, -0.15) is 0 Å². The molecule has 0 aromatic heterocycles. The molecule has 0 bridgehead atoms. The van der Waals surface area contributed by atoms with Crippen molar-refractivity contribution in [3.05, 3.63) is 101 Å². The molecule has 0 aliphatic carbocycles. The molecule has 9 heteroatoms. The van der Waals surface area contributed by atoms with E-state index in [9.17, 15) is 23.5 Å². The Balaban J connectivity index is 1.75. The van der Waals surface area contributed by atoms with Crippen molar-refractivity contribution in [1.82, 2.24) is 15.5 Å². The van der Waals surface area contributed by atoms with Crippen molar-refractivity contribution in [2.45, 2.75) is 65.1 Å². The van der Waals surface area contributed by atoms with Gasteiger partial charge in [0.25, 0.3) is 0 Å². The number of benzene rings is 3. The summed E-state index contributed by atoms with van der Waals surface area (Å²) in [5.41, 5.74) is 3.29. The van der Waals surface area contributed by atoms with Crippen molar-refractivity contribution in [2.24, 2.45) is 0 Å². The molecule has 3 aromatic carbocycles. The molecule has 0 radical (unpaired) electrons. The summed E-state index contributed by atoms with van der Waals surface area (Å²) in [5, 5.41) is 17.3. The van der Waals surface area contributed by atoms with Gasteiger partial charge in [0.15, 0.2) is 0 Å². The van der Waals surface area contributed by atoms with E-state index in [0.29, 0.717) is 30.9 Å². The average molecular weight is 609 g/mol. The first-order valence-corrected chi connectivity index (χ1v) is 15.5. The van der Waals surface area contributed by atoms with Crippen LogP contribution < -0.4 is 15.5 Å². The van der Waals surface area contributed by atoms with Gasteiger partial charge in [-0.1, -0.05) is 63.2 Å². The predicted molar refractivity (Wildman–Crippen MR) is 171 cm³/mol. The number of aliphatic hydroxyl groups excluding tert-OH is 1. The van der Waals surface area contributed by atoms with Crippen LogP contribution in [0.5, 0.6) is 0 Å². The number of amides is 2. The number of aliphatic hydroxyl groups is 1. The van der Waals surface area contributed by atoms with E-state index in [2.05, 4.69) is 29.7 Å². The molecule has 0 heterocycles. The van der Waals surface area contributed by atoms with Crippen LogP contribution in [-0.4, -0.2) is 66.7 Å². The zero-order valence-electron chi connectivity index (χ0n) is 26.1. The number of hydrogen-bond acceptors (Lipinski definition) is 5. The third-order valence-corrected chi connectivity index (χ3v) is 7.39. The molecule has 3 rings (SSSR count). The Morgan fingerprint density at radius 3 is 2.11 bits per heavy atom. The van der Waals surface area contributed by atoms with Gasteiger partial charge in [-0.25, -0.2) is 8.78 Å². The molecular formula is C35H46F2N4O3. The predicted octanol–water partition coefficient (Wildman–Crippen LogP) is 4.86. The number of halogens is 2. The third-order valence-electron chi connectivity index (χ3n) is 7.39. The lowest BCUT2D eigenvalue weighted by atomic mass is 10.0. The third kappa shape index (κ3) is 11.4. The van der Waals surface area contributed by atoms with E-state index < -0.39 is 29.7 Å². The van der Waals surface area contributed by atoms with Crippen molar-refractivity contribution in [3.63, 3.8) is 0 Å². The van der Waals surface area contributed by atoms with Gasteiger partial charge >= 0.3 is 0 Å². The van der Waals surface area contributed by atoms with Crippen LogP contribution in [0.2, 0.25) is 0 Å². The zero-order chi connectivity index (χ0) is 31.9. The highest BCUT2D eigenvalue weighted by molar-refractivity contribution is 5.86.